The molecular formula is C20H34IN5O. The van der Waals surface area contributed by atoms with Crippen LogP contribution in [-0.4, -0.2) is 61.3 Å². The van der Waals surface area contributed by atoms with Gasteiger partial charge in [-0.25, -0.2) is 4.98 Å². The molecule has 2 aliphatic rings. The van der Waals surface area contributed by atoms with Crippen LogP contribution in [-0.2, 0) is 11.3 Å². The maximum Gasteiger partial charge on any atom is 0.193 e. The minimum absolute atomic E-state index is 0. The quantitative estimate of drug-likeness (QED) is 0.404. The Morgan fingerprint density at radius 2 is 1.96 bits per heavy atom. The van der Waals surface area contributed by atoms with Crippen LogP contribution in [0, 0.1) is 5.92 Å². The molecule has 0 aromatic carbocycles. The number of piperidine rings is 1. The van der Waals surface area contributed by atoms with Gasteiger partial charge in [0.15, 0.2) is 5.96 Å². The number of nitrogens with one attached hydrogen (secondary N) is 1. The summed E-state index contributed by atoms with van der Waals surface area (Å²) in [5.41, 5.74) is 1.18. The van der Waals surface area contributed by atoms with Crippen LogP contribution >= 0.6 is 24.0 Å². The normalized spacial score (nSPS) is 26.5. The third kappa shape index (κ3) is 6.20. The Balaban J connectivity index is 0.00000261. The number of halogens is 1. The van der Waals surface area contributed by atoms with E-state index in [9.17, 15) is 0 Å². The molecule has 0 amide bonds. The molecule has 3 rings (SSSR count). The van der Waals surface area contributed by atoms with Crippen molar-refractivity contribution in [3.63, 3.8) is 0 Å². The molecule has 0 bridgehead atoms. The number of aromatic nitrogens is 1. The van der Waals surface area contributed by atoms with Crippen molar-refractivity contribution in [2.24, 2.45) is 10.9 Å². The molecule has 3 unspecified atom stereocenters. The average Bonchev–Trinajstić information content (AvgIpc) is 2.62. The number of rotatable bonds is 3. The molecule has 6 nitrogen and oxygen atoms in total. The van der Waals surface area contributed by atoms with Gasteiger partial charge in [0.2, 0.25) is 0 Å². The summed E-state index contributed by atoms with van der Waals surface area (Å²) >= 11 is 0. The molecular weight excluding hydrogens is 453 g/mol. The van der Waals surface area contributed by atoms with E-state index in [0.29, 0.717) is 0 Å². The van der Waals surface area contributed by atoms with E-state index in [1.807, 2.05) is 13.2 Å². The van der Waals surface area contributed by atoms with Gasteiger partial charge in [-0.3, -0.25) is 4.99 Å². The van der Waals surface area contributed by atoms with Crippen molar-refractivity contribution in [2.45, 2.75) is 52.4 Å². The van der Waals surface area contributed by atoms with Gasteiger partial charge >= 0.3 is 0 Å². The van der Waals surface area contributed by atoms with Crippen molar-refractivity contribution in [1.29, 1.82) is 0 Å². The van der Waals surface area contributed by atoms with Gasteiger partial charge < -0.3 is 19.9 Å². The molecule has 2 aliphatic heterocycles. The van der Waals surface area contributed by atoms with Crippen molar-refractivity contribution >= 4 is 35.8 Å². The van der Waals surface area contributed by atoms with Gasteiger partial charge in [-0.05, 0) is 44.2 Å². The molecule has 0 spiro atoms. The number of ether oxygens (including phenoxy) is 1. The van der Waals surface area contributed by atoms with E-state index in [2.05, 4.69) is 58.0 Å². The highest BCUT2D eigenvalue weighted by Gasteiger charge is 2.23. The third-order valence-corrected chi connectivity index (χ3v) is 5.17. The standard InChI is InChI=1S/C20H33N5O.HI/c1-15-6-5-9-24(12-15)20(21-4)23-11-18-7-8-19(22-10-18)25-13-16(2)26-17(3)14-25;/h7-8,10,15-17H,5-6,9,11-14H2,1-4H3,(H,21,23);1H. The third-order valence-electron chi connectivity index (χ3n) is 5.17. The fourth-order valence-electron chi connectivity index (χ4n) is 3.97. The van der Waals surface area contributed by atoms with Crippen molar-refractivity contribution in [3.8, 4) is 0 Å². The van der Waals surface area contributed by atoms with Crippen molar-refractivity contribution in [1.82, 2.24) is 15.2 Å². The molecule has 2 fully saturated rings. The Hall–Kier alpha value is -1.09. The van der Waals surface area contributed by atoms with Gasteiger partial charge in [-0.15, -0.1) is 24.0 Å². The highest BCUT2D eigenvalue weighted by atomic mass is 127. The lowest BCUT2D eigenvalue weighted by molar-refractivity contribution is -0.00545. The lowest BCUT2D eigenvalue weighted by atomic mass is 10.0. The van der Waals surface area contributed by atoms with Crippen LogP contribution in [0.15, 0.2) is 23.3 Å². The number of likely N-dealkylation sites (tertiary alicyclic amines) is 1. The molecule has 1 aromatic rings. The number of pyridine rings is 1. The number of hydrogen-bond donors (Lipinski definition) is 1. The summed E-state index contributed by atoms with van der Waals surface area (Å²) in [4.78, 5) is 13.8. The summed E-state index contributed by atoms with van der Waals surface area (Å²) in [6.07, 6.45) is 5.03. The maximum absolute atomic E-state index is 5.81. The monoisotopic (exact) mass is 487 g/mol. The smallest absolute Gasteiger partial charge is 0.193 e. The Morgan fingerprint density at radius 1 is 1.22 bits per heavy atom. The summed E-state index contributed by atoms with van der Waals surface area (Å²) < 4.78 is 5.81. The van der Waals surface area contributed by atoms with Gasteiger partial charge in [0.25, 0.3) is 0 Å². The topological polar surface area (TPSA) is 53.0 Å². The Morgan fingerprint density at radius 3 is 2.56 bits per heavy atom. The van der Waals surface area contributed by atoms with Crippen molar-refractivity contribution in [3.05, 3.63) is 23.9 Å². The van der Waals surface area contributed by atoms with Crippen LogP contribution in [0.3, 0.4) is 0 Å². The number of anilines is 1. The van der Waals surface area contributed by atoms with Crippen LogP contribution in [0.2, 0.25) is 0 Å². The average molecular weight is 487 g/mol. The molecule has 3 heterocycles. The van der Waals surface area contributed by atoms with Gasteiger partial charge in [-0.1, -0.05) is 13.0 Å². The van der Waals surface area contributed by atoms with Crippen molar-refractivity contribution < 1.29 is 4.74 Å². The summed E-state index contributed by atoms with van der Waals surface area (Å²) in [6.45, 7) is 11.3. The van der Waals surface area contributed by atoms with Crippen LogP contribution < -0.4 is 10.2 Å². The van der Waals surface area contributed by atoms with Gasteiger partial charge in [0.1, 0.15) is 5.82 Å². The minimum atomic E-state index is 0. The SMILES string of the molecule is CN=C(NCc1ccc(N2CC(C)OC(C)C2)nc1)N1CCCC(C)C1.I. The highest BCUT2D eigenvalue weighted by molar-refractivity contribution is 14.0. The lowest BCUT2D eigenvalue weighted by Gasteiger charge is -2.36. The van der Waals surface area contributed by atoms with Gasteiger partial charge in [-0.2, -0.15) is 0 Å². The van der Waals surface area contributed by atoms with E-state index in [4.69, 9.17) is 4.74 Å². The van der Waals surface area contributed by atoms with E-state index < -0.39 is 0 Å². The van der Waals surface area contributed by atoms with Gasteiger partial charge in [0, 0.05) is 46.0 Å². The summed E-state index contributed by atoms with van der Waals surface area (Å²) in [6, 6.07) is 4.28. The zero-order valence-electron chi connectivity index (χ0n) is 17.0. The second-order valence-corrected chi connectivity index (χ2v) is 7.78. The number of guanidine groups is 1. The second kappa shape index (κ2) is 10.5. The first kappa shape index (κ1) is 22.2. The van der Waals surface area contributed by atoms with E-state index in [1.165, 1.54) is 18.4 Å². The first-order valence-electron chi connectivity index (χ1n) is 9.86. The lowest BCUT2D eigenvalue weighted by Crippen LogP contribution is -2.46. The molecule has 1 N–H and O–H groups in total. The van der Waals surface area contributed by atoms with Crippen molar-refractivity contribution in [2.75, 3.05) is 38.1 Å². The molecule has 27 heavy (non-hydrogen) atoms. The Kier molecular flexibility index (Phi) is 8.60. The molecule has 0 saturated carbocycles. The minimum Gasteiger partial charge on any atom is -0.372 e. The summed E-state index contributed by atoms with van der Waals surface area (Å²) in [5, 5.41) is 3.49. The van der Waals surface area contributed by atoms with E-state index in [1.54, 1.807) is 0 Å². The molecule has 7 heteroatoms. The van der Waals surface area contributed by atoms with Gasteiger partial charge in [0.05, 0.1) is 12.2 Å². The van der Waals surface area contributed by atoms with E-state index in [0.717, 1.165) is 50.4 Å². The zero-order chi connectivity index (χ0) is 18.5. The second-order valence-electron chi connectivity index (χ2n) is 7.78. The Labute approximate surface area is 180 Å². The van der Waals surface area contributed by atoms with Crippen LogP contribution in [0.4, 0.5) is 5.82 Å². The number of nitrogens with zero attached hydrogens (tertiary/aromatic N) is 4. The first-order chi connectivity index (χ1) is 12.5. The zero-order valence-corrected chi connectivity index (χ0v) is 19.3. The van der Waals surface area contributed by atoms with Crippen LogP contribution in [0.5, 0.6) is 0 Å². The summed E-state index contributed by atoms with van der Waals surface area (Å²) in [5.74, 6) is 2.77. The predicted molar refractivity (Wildman–Crippen MR) is 122 cm³/mol. The molecule has 152 valence electrons. The fourth-order valence-corrected chi connectivity index (χ4v) is 3.97. The number of hydrogen-bond acceptors (Lipinski definition) is 4. The number of aliphatic imine (C=N–C) groups is 1. The molecule has 0 aliphatic carbocycles. The van der Waals surface area contributed by atoms with Crippen LogP contribution in [0.25, 0.3) is 0 Å². The van der Waals surface area contributed by atoms with E-state index >= 15 is 0 Å². The first-order valence-corrected chi connectivity index (χ1v) is 9.86. The molecule has 1 aromatic heterocycles. The molecule has 3 atom stereocenters. The maximum atomic E-state index is 5.81. The largest absolute Gasteiger partial charge is 0.372 e. The molecule has 2 saturated heterocycles. The Bertz CT molecular complexity index is 599. The fraction of sp³-hybridized carbons (Fsp3) is 0.700. The predicted octanol–water partition coefficient (Wildman–Crippen LogP) is 3.12. The number of morpholine rings is 1. The summed E-state index contributed by atoms with van der Waals surface area (Å²) in [7, 11) is 1.86. The highest BCUT2D eigenvalue weighted by Crippen LogP contribution is 2.19. The van der Waals surface area contributed by atoms with E-state index in [-0.39, 0.29) is 36.2 Å². The molecule has 0 radical (unpaired) electrons. The van der Waals surface area contributed by atoms with Crippen LogP contribution in [0.1, 0.15) is 39.2 Å².